The number of urea groups is 1. The van der Waals surface area contributed by atoms with Gasteiger partial charge in [-0.05, 0) is 0 Å². The Hall–Kier alpha value is -1.96. The van der Waals surface area contributed by atoms with E-state index in [0.717, 1.165) is 5.69 Å². The summed E-state index contributed by atoms with van der Waals surface area (Å²) in [5.74, 6) is -0.846. The molecule has 1 aromatic heterocycles. The zero-order chi connectivity index (χ0) is 14.9. The van der Waals surface area contributed by atoms with E-state index >= 15 is 0 Å². The Balaban J connectivity index is 1.93. The average Bonchev–Trinajstić information content (AvgIpc) is 2.86. The number of nitrogens with zero attached hydrogens (tertiary/aromatic N) is 1. The smallest absolute Gasteiger partial charge is 0.322 e. The van der Waals surface area contributed by atoms with Crippen LogP contribution in [0, 0.1) is 0 Å². The largest absolute Gasteiger partial charge is 0.325 e. The van der Waals surface area contributed by atoms with Gasteiger partial charge in [0.2, 0.25) is 5.91 Å². The first-order valence-corrected chi connectivity index (χ1v) is 7.01. The van der Waals surface area contributed by atoms with E-state index in [1.165, 1.54) is 11.3 Å². The summed E-state index contributed by atoms with van der Waals surface area (Å²) in [5, 5.41) is 9.46. The Morgan fingerprint density at radius 2 is 2.15 bits per heavy atom. The number of anilines is 1. The van der Waals surface area contributed by atoms with Gasteiger partial charge in [-0.3, -0.25) is 14.9 Å². The molecule has 0 saturated carbocycles. The molecule has 1 saturated heterocycles. The van der Waals surface area contributed by atoms with Gasteiger partial charge in [0.05, 0.1) is 12.1 Å². The Kier molecular flexibility index (Phi) is 3.76. The Labute approximate surface area is 120 Å². The van der Waals surface area contributed by atoms with Crippen LogP contribution in [-0.4, -0.2) is 28.9 Å². The molecule has 1 aliphatic rings. The predicted molar refractivity (Wildman–Crippen MR) is 74.5 cm³/mol. The van der Waals surface area contributed by atoms with Crippen molar-refractivity contribution in [2.45, 2.75) is 38.6 Å². The lowest BCUT2D eigenvalue weighted by atomic mass is 9.93. The Morgan fingerprint density at radius 1 is 1.45 bits per heavy atom. The topological polar surface area (TPSA) is 100 Å². The first-order chi connectivity index (χ1) is 9.25. The minimum Gasteiger partial charge on any atom is -0.325 e. The minimum absolute atomic E-state index is 0.0845. The number of imide groups is 1. The average molecular weight is 296 g/mol. The molecule has 0 radical (unpaired) electrons. The lowest BCUT2D eigenvalue weighted by Gasteiger charge is -2.14. The highest BCUT2D eigenvalue weighted by Gasteiger charge is 2.31. The zero-order valence-electron chi connectivity index (χ0n) is 11.4. The van der Waals surface area contributed by atoms with Crippen LogP contribution in [0.1, 0.15) is 32.9 Å². The van der Waals surface area contributed by atoms with Crippen LogP contribution in [0.5, 0.6) is 0 Å². The quantitative estimate of drug-likeness (QED) is 0.724. The molecular formula is C12H16N4O3S. The van der Waals surface area contributed by atoms with Crippen LogP contribution in [0.4, 0.5) is 9.93 Å². The first kappa shape index (κ1) is 14.4. The number of carbonyl (C=O) groups is 3. The molecule has 8 heteroatoms. The van der Waals surface area contributed by atoms with E-state index in [0.29, 0.717) is 5.13 Å². The van der Waals surface area contributed by atoms with Crippen molar-refractivity contribution >= 4 is 34.3 Å². The summed E-state index contributed by atoms with van der Waals surface area (Å²) in [6, 6.07) is -1.39. The highest BCUT2D eigenvalue weighted by molar-refractivity contribution is 7.13. The molecule has 2 heterocycles. The van der Waals surface area contributed by atoms with Gasteiger partial charge in [0.1, 0.15) is 6.04 Å². The number of hydrogen-bond donors (Lipinski definition) is 3. The number of aromatic nitrogens is 1. The van der Waals surface area contributed by atoms with Crippen LogP contribution in [-0.2, 0) is 15.0 Å². The number of hydrogen-bond acceptors (Lipinski definition) is 5. The maximum absolute atomic E-state index is 11.8. The van der Waals surface area contributed by atoms with E-state index in [1.54, 1.807) is 0 Å². The normalized spacial score (nSPS) is 18.6. The third kappa shape index (κ3) is 3.32. The SMILES string of the molecule is CC(C)(C)c1csc(NC(=O)CC2NC(=O)NC2=O)n1. The number of rotatable bonds is 3. The maximum Gasteiger partial charge on any atom is 0.322 e. The van der Waals surface area contributed by atoms with Crippen LogP contribution in [0.3, 0.4) is 0 Å². The Morgan fingerprint density at radius 3 is 2.65 bits per heavy atom. The van der Waals surface area contributed by atoms with Gasteiger partial charge in [-0.2, -0.15) is 0 Å². The van der Waals surface area contributed by atoms with Crippen LogP contribution in [0.25, 0.3) is 0 Å². The van der Waals surface area contributed by atoms with Gasteiger partial charge in [-0.25, -0.2) is 9.78 Å². The second-order valence-electron chi connectivity index (χ2n) is 5.56. The molecule has 1 atom stereocenters. The summed E-state index contributed by atoms with van der Waals surface area (Å²) in [4.78, 5) is 38.4. The van der Waals surface area contributed by atoms with Crippen LogP contribution >= 0.6 is 11.3 Å². The lowest BCUT2D eigenvalue weighted by Crippen LogP contribution is -2.33. The highest BCUT2D eigenvalue weighted by atomic mass is 32.1. The number of nitrogens with one attached hydrogen (secondary N) is 3. The Bertz CT molecular complexity index is 561. The molecule has 1 unspecified atom stereocenters. The van der Waals surface area contributed by atoms with Crippen molar-refractivity contribution in [3.8, 4) is 0 Å². The summed E-state index contributed by atoms with van der Waals surface area (Å²) < 4.78 is 0. The van der Waals surface area contributed by atoms with E-state index in [2.05, 4.69) is 20.9 Å². The van der Waals surface area contributed by atoms with Crippen LogP contribution in [0.15, 0.2) is 5.38 Å². The summed E-state index contributed by atoms with van der Waals surface area (Å²) >= 11 is 1.33. The molecule has 20 heavy (non-hydrogen) atoms. The summed E-state index contributed by atoms with van der Waals surface area (Å²) in [6.45, 7) is 6.10. The third-order valence-corrected chi connectivity index (χ3v) is 3.52. The molecule has 7 nitrogen and oxygen atoms in total. The second kappa shape index (κ2) is 5.20. The van der Waals surface area contributed by atoms with Gasteiger partial charge in [-0.15, -0.1) is 11.3 Å². The molecule has 0 spiro atoms. The van der Waals surface area contributed by atoms with Crippen molar-refractivity contribution in [1.29, 1.82) is 0 Å². The molecule has 2 rings (SSSR count). The summed E-state index contributed by atoms with van der Waals surface area (Å²) in [6.07, 6.45) is -0.109. The number of carbonyl (C=O) groups excluding carboxylic acids is 3. The predicted octanol–water partition coefficient (Wildman–Crippen LogP) is 0.977. The fraction of sp³-hybridized carbons (Fsp3) is 0.500. The summed E-state index contributed by atoms with van der Waals surface area (Å²) in [7, 11) is 0. The first-order valence-electron chi connectivity index (χ1n) is 6.13. The van der Waals surface area contributed by atoms with Crippen molar-refractivity contribution in [2.24, 2.45) is 0 Å². The van der Waals surface area contributed by atoms with Crippen molar-refractivity contribution in [2.75, 3.05) is 5.32 Å². The highest BCUT2D eigenvalue weighted by Crippen LogP contribution is 2.26. The van der Waals surface area contributed by atoms with Crippen molar-refractivity contribution in [3.63, 3.8) is 0 Å². The molecular weight excluding hydrogens is 280 g/mol. The van der Waals surface area contributed by atoms with Crippen molar-refractivity contribution in [1.82, 2.24) is 15.6 Å². The lowest BCUT2D eigenvalue weighted by molar-refractivity contribution is -0.124. The molecule has 3 N–H and O–H groups in total. The van der Waals surface area contributed by atoms with Crippen LogP contribution in [0.2, 0.25) is 0 Å². The molecule has 0 aromatic carbocycles. The third-order valence-electron chi connectivity index (χ3n) is 2.77. The molecule has 1 aromatic rings. The van der Waals surface area contributed by atoms with E-state index < -0.39 is 18.0 Å². The second-order valence-corrected chi connectivity index (χ2v) is 6.41. The molecule has 0 bridgehead atoms. The van der Waals surface area contributed by atoms with Crippen molar-refractivity contribution in [3.05, 3.63) is 11.1 Å². The molecule has 1 aliphatic heterocycles. The standard InChI is InChI=1S/C12H16N4O3S/c1-12(2,3)7-5-20-11(14-7)15-8(17)4-6-9(18)16-10(19)13-6/h5-6H,4H2,1-3H3,(H,14,15,17)(H2,13,16,18,19). The minimum atomic E-state index is -0.815. The zero-order valence-corrected chi connectivity index (χ0v) is 12.3. The van der Waals surface area contributed by atoms with E-state index in [9.17, 15) is 14.4 Å². The van der Waals surface area contributed by atoms with Gasteiger partial charge >= 0.3 is 6.03 Å². The van der Waals surface area contributed by atoms with Gasteiger partial charge in [0.25, 0.3) is 5.91 Å². The number of amides is 4. The van der Waals surface area contributed by atoms with Gasteiger partial charge in [0.15, 0.2) is 5.13 Å². The van der Waals surface area contributed by atoms with Gasteiger partial charge < -0.3 is 10.6 Å². The maximum atomic E-state index is 11.8. The molecule has 0 aliphatic carbocycles. The monoisotopic (exact) mass is 296 g/mol. The van der Waals surface area contributed by atoms with E-state index in [-0.39, 0.29) is 17.7 Å². The fourth-order valence-electron chi connectivity index (χ4n) is 1.63. The molecule has 4 amide bonds. The summed E-state index contributed by atoms with van der Waals surface area (Å²) in [5.41, 5.74) is 0.809. The van der Waals surface area contributed by atoms with Crippen LogP contribution < -0.4 is 16.0 Å². The van der Waals surface area contributed by atoms with Gasteiger partial charge in [0, 0.05) is 10.8 Å². The molecule has 1 fully saturated rings. The van der Waals surface area contributed by atoms with E-state index in [1.807, 2.05) is 26.2 Å². The number of thiazole rings is 1. The fourth-order valence-corrected chi connectivity index (χ4v) is 2.59. The van der Waals surface area contributed by atoms with Crippen molar-refractivity contribution < 1.29 is 14.4 Å². The molecule has 108 valence electrons. The van der Waals surface area contributed by atoms with Gasteiger partial charge in [-0.1, -0.05) is 20.8 Å². The van der Waals surface area contributed by atoms with E-state index in [4.69, 9.17) is 0 Å².